The smallest absolute Gasteiger partial charge is 0.0664 e. The summed E-state index contributed by atoms with van der Waals surface area (Å²) >= 11 is 0. The molecule has 0 radical (unpaired) electrons. The van der Waals surface area contributed by atoms with E-state index >= 15 is 0 Å². The Morgan fingerprint density at radius 3 is 2.54 bits per heavy atom. The molecular weight excluding hydrogens is 162 g/mol. The average molecular weight is 185 g/mol. The molecule has 1 aliphatic carbocycles. The number of rotatable bonds is 7. The molecule has 1 N–H and O–H groups in total. The summed E-state index contributed by atoms with van der Waals surface area (Å²) in [5, 5.41) is 9.56. The van der Waals surface area contributed by atoms with Crippen molar-refractivity contribution >= 4 is 0 Å². The Balaban J connectivity index is 2.20. The molecule has 1 unspecified atom stereocenters. The summed E-state index contributed by atoms with van der Waals surface area (Å²) in [5.74, 6) is 0. The lowest BCUT2D eigenvalue weighted by molar-refractivity contribution is 0.104. The molecule has 1 fully saturated rings. The number of nitrogens with zero attached hydrogens (tertiary/aromatic N) is 1. The minimum Gasteiger partial charge on any atom is -0.392 e. The van der Waals surface area contributed by atoms with Crippen LogP contribution in [0, 0.1) is 0 Å². The van der Waals surface area contributed by atoms with Gasteiger partial charge in [0.15, 0.2) is 0 Å². The molecule has 0 bridgehead atoms. The van der Waals surface area contributed by atoms with Crippen molar-refractivity contribution in [2.24, 2.45) is 0 Å². The van der Waals surface area contributed by atoms with Crippen molar-refractivity contribution in [2.75, 3.05) is 13.1 Å². The zero-order valence-electron chi connectivity index (χ0n) is 9.00. The zero-order chi connectivity index (χ0) is 9.68. The highest BCUT2D eigenvalue weighted by Gasteiger charge is 2.29. The van der Waals surface area contributed by atoms with E-state index in [-0.39, 0.29) is 6.10 Å². The summed E-state index contributed by atoms with van der Waals surface area (Å²) in [6.07, 6.45) is 5.99. The molecular formula is C11H23NO. The fraction of sp³-hybridized carbons (Fsp3) is 1.00. The molecule has 0 aromatic heterocycles. The maximum Gasteiger partial charge on any atom is 0.0664 e. The molecule has 0 spiro atoms. The molecule has 78 valence electrons. The van der Waals surface area contributed by atoms with E-state index in [1.54, 1.807) is 0 Å². The van der Waals surface area contributed by atoms with E-state index in [1.807, 2.05) is 0 Å². The second kappa shape index (κ2) is 5.61. The van der Waals surface area contributed by atoms with Crippen molar-refractivity contribution in [3.8, 4) is 0 Å². The minimum atomic E-state index is -0.113. The van der Waals surface area contributed by atoms with E-state index in [0.29, 0.717) is 0 Å². The number of hydrogen-bond acceptors (Lipinski definition) is 2. The molecule has 0 aromatic rings. The van der Waals surface area contributed by atoms with Gasteiger partial charge in [-0.1, -0.05) is 20.3 Å². The van der Waals surface area contributed by atoms with Crippen molar-refractivity contribution in [1.82, 2.24) is 4.90 Å². The summed E-state index contributed by atoms with van der Waals surface area (Å²) < 4.78 is 0. The first-order valence-electron chi connectivity index (χ1n) is 5.70. The fourth-order valence-corrected chi connectivity index (χ4v) is 1.62. The van der Waals surface area contributed by atoms with E-state index < -0.39 is 0 Å². The number of aliphatic hydroxyl groups is 1. The van der Waals surface area contributed by atoms with Crippen LogP contribution in [-0.4, -0.2) is 35.2 Å². The number of aliphatic hydroxyl groups excluding tert-OH is 1. The van der Waals surface area contributed by atoms with Gasteiger partial charge in [-0.15, -0.1) is 0 Å². The summed E-state index contributed by atoms with van der Waals surface area (Å²) in [4.78, 5) is 2.47. The number of unbranched alkanes of at least 4 members (excludes halogenated alkanes) is 1. The molecule has 0 amide bonds. The normalized spacial score (nSPS) is 19.4. The highest BCUT2D eigenvalue weighted by Crippen LogP contribution is 2.27. The van der Waals surface area contributed by atoms with Gasteiger partial charge >= 0.3 is 0 Å². The molecule has 1 rings (SSSR count). The first-order valence-corrected chi connectivity index (χ1v) is 5.70. The Morgan fingerprint density at radius 1 is 1.38 bits per heavy atom. The second-order valence-corrected chi connectivity index (χ2v) is 4.14. The van der Waals surface area contributed by atoms with Gasteiger partial charge in [-0.25, -0.2) is 0 Å². The van der Waals surface area contributed by atoms with Crippen molar-refractivity contribution in [2.45, 2.75) is 58.1 Å². The van der Waals surface area contributed by atoms with Crippen LogP contribution in [0.1, 0.15) is 46.0 Å². The highest BCUT2D eigenvalue weighted by atomic mass is 16.3. The van der Waals surface area contributed by atoms with Crippen LogP contribution in [-0.2, 0) is 0 Å². The van der Waals surface area contributed by atoms with Crippen LogP contribution in [0.2, 0.25) is 0 Å². The fourth-order valence-electron chi connectivity index (χ4n) is 1.62. The predicted octanol–water partition coefficient (Wildman–Crippen LogP) is 2.02. The maximum absolute atomic E-state index is 9.56. The molecule has 1 aliphatic rings. The summed E-state index contributed by atoms with van der Waals surface area (Å²) in [5.41, 5.74) is 0. The molecule has 0 aliphatic heterocycles. The molecule has 0 aromatic carbocycles. The summed E-state index contributed by atoms with van der Waals surface area (Å²) in [6.45, 7) is 6.34. The van der Waals surface area contributed by atoms with Crippen LogP contribution < -0.4 is 0 Å². The van der Waals surface area contributed by atoms with E-state index in [1.165, 1.54) is 32.2 Å². The lowest BCUT2D eigenvalue weighted by Gasteiger charge is -2.24. The van der Waals surface area contributed by atoms with E-state index in [9.17, 15) is 5.11 Å². The maximum atomic E-state index is 9.56. The first kappa shape index (κ1) is 11.0. The van der Waals surface area contributed by atoms with Gasteiger partial charge in [0, 0.05) is 12.6 Å². The minimum absolute atomic E-state index is 0.113. The Morgan fingerprint density at radius 2 is 2.08 bits per heavy atom. The van der Waals surface area contributed by atoms with Gasteiger partial charge in [0.1, 0.15) is 0 Å². The van der Waals surface area contributed by atoms with Crippen LogP contribution in [0.25, 0.3) is 0 Å². The Kier molecular flexibility index (Phi) is 4.74. The SMILES string of the molecule is CCCCN(CC(O)CC)C1CC1. The van der Waals surface area contributed by atoms with Crippen LogP contribution >= 0.6 is 0 Å². The van der Waals surface area contributed by atoms with E-state index in [0.717, 1.165) is 19.0 Å². The standard InChI is InChI=1S/C11H23NO/c1-3-5-8-12(10-6-7-10)9-11(13)4-2/h10-11,13H,3-9H2,1-2H3. The third-order valence-corrected chi connectivity index (χ3v) is 2.78. The average Bonchev–Trinajstić information content (AvgIpc) is 2.94. The van der Waals surface area contributed by atoms with Gasteiger partial charge < -0.3 is 5.11 Å². The molecule has 1 atom stereocenters. The van der Waals surface area contributed by atoms with Crippen molar-refractivity contribution < 1.29 is 5.11 Å². The van der Waals surface area contributed by atoms with Crippen LogP contribution in [0.4, 0.5) is 0 Å². The Bertz CT molecular complexity index is 134. The van der Waals surface area contributed by atoms with Crippen molar-refractivity contribution in [3.05, 3.63) is 0 Å². The summed E-state index contributed by atoms with van der Waals surface area (Å²) in [6, 6.07) is 0.799. The molecule has 0 heterocycles. The second-order valence-electron chi connectivity index (χ2n) is 4.14. The lowest BCUT2D eigenvalue weighted by atomic mass is 10.2. The van der Waals surface area contributed by atoms with Crippen LogP contribution in [0.3, 0.4) is 0 Å². The third kappa shape index (κ3) is 4.10. The monoisotopic (exact) mass is 185 g/mol. The molecule has 0 saturated heterocycles. The predicted molar refractivity (Wildman–Crippen MR) is 55.8 cm³/mol. The van der Waals surface area contributed by atoms with E-state index in [4.69, 9.17) is 0 Å². The topological polar surface area (TPSA) is 23.5 Å². The van der Waals surface area contributed by atoms with Gasteiger partial charge in [0.05, 0.1) is 6.10 Å². The molecule has 2 heteroatoms. The van der Waals surface area contributed by atoms with Crippen molar-refractivity contribution in [3.63, 3.8) is 0 Å². The van der Waals surface area contributed by atoms with Crippen LogP contribution in [0.5, 0.6) is 0 Å². The summed E-state index contributed by atoms with van der Waals surface area (Å²) in [7, 11) is 0. The Labute approximate surface area is 81.9 Å². The third-order valence-electron chi connectivity index (χ3n) is 2.78. The van der Waals surface area contributed by atoms with Crippen LogP contribution in [0.15, 0.2) is 0 Å². The van der Waals surface area contributed by atoms with E-state index in [2.05, 4.69) is 18.7 Å². The molecule has 13 heavy (non-hydrogen) atoms. The molecule has 2 nitrogen and oxygen atoms in total. The van der Waals surface area contributed by atoms with Gasteiger partial charge in [-0.05, 0) is 32.2 Å². The van der Waals surface area contributed by atoms with Gasteiger partial charge in [0.25, 0.3) is 0 Å². The number of hydrogen-bond donors (Lipinski definition) is 1. The largest absolute Gasteiger partial charge is 0.392 e. The molecule has 1 saturated carbocycles. The zero-order valence-corrected chi connectivity index (χ0v) is 9.00. The van der Waals surface area contributed by atoms with Crippen molar-refractivity contribution in [1.29, 1.82) is 0 Å². The van der Waals surface area contributed by atoms with Gasteiger partial charge in [0.2, 0.25) is 0 Å². The highest BCUT2D eigenvalue weighted by molar-refractivity contribution is 4.85. The quantitative estimate of drug-likeness (QED) is 0.656. The lowest BCUT2D eigenvalue weighted by Crippen LogP contribution is -2.34. The first-order chi connectivity index (χ1) is 6.27. The van der Waals surface area contributed by atoms with Gasteiger partial charge in [-0.2, -0.15) is 0 Å². The Hall–Kier alpha value is -0.0800. The van der Waals surface area contributed by atoms with Gasteiger partial charge in [-0.3, -0.25) is 4.90 Å².